The Labute approximate surface area is 150 Å². The van der Waals surface area contributed by atoms with Crippen LogP contribution in [0.3, 0.4) is 0 Å². The lowest BCUT2D eigenvalue weighted by atomic mass is 9.88. The number of nitrogens with one attached hydrogen (secondary N) is 1. The molecule has 152 valence electrons. The van der Waals surface area contributed by atoms with Gasteiger partial charge in [-0.3, -0.25) is 5.10 Å². The number of halogens is 5. The summed E-state index contributed by atoms with van der Waals surface area (Å²) < 4.78 is 94.6. The average molecular weight is 417 g/mol. The van der Waals surface area contributed by atoms with Crippen LogP contribution in [0.1, 0.15) is 49.1 Å². The molecule has 0 aromatic carbocycles. The number of aromatic amines is 1. The van der Waals surface area contributed by atoms with Crippen molar-refractivity contribution in [2.24, 2.45) is 11.1 Å². The van der Waals surface area contributed by atoms with Crippen molar-refractivity contribution in [2.45, 2.75) is 56.7 Å². The maximum Gasteiger partial charge on any atom is 0.433 e. The number of sulfone groups is 1. The quantitative estimate of drug-likeness (QED) is 0.758. The molecule has 2 heterocycles. The first-order valence-corrected chi connectivity index (χ1v) is 9.66. The summed E-state index contributed by atoms with van der Waals surface area (Å²) in [6, 6.07) is 0. The van der Waals surface area contributed by atoms with E-state index in [9.17, 15) is 30.4 Å². The van der Waals surface area contributed by atoms with Crippen LogP contribution < -0.4 is 4.74 Å². The number of nitrogens with zero attached hydrogens (tertiary/aromatic N) is 2. The molecule has 3 unspecified atom stereocenters. The minimum atomic E-state index is -5.04. The van der Waals surface area contributed by atoms with E-state index in [4.69, 9.17) is 4.84 Å². The van der Waals surface area contributed by atoms with Crippen LogP contribution in [0.4, 0.5) is 22.0 Å². The van der Waals surface area contributed by atoms with Crippen LogP contribution in [0.5, 0.6) is 5.88 Å². The first-order chi connectivity index (χ1) is 12.5. The molecular weight excluding hydrogens is 401 g/mol. The van der Waals surface area contributed by atoms with Gasteiger partial charge in [-0.2, -0.15) is 22.0 Å². The van der Waals surface area contributed by atoms with Crippen LogP contribution in [0.15, 0.2) is 5.16 Å². The zero-order valence-electron chi connectivity index (χ0n) is 14.0. The Balaban J connectivity index is 2.01. The lowest BCUT2D eigenvalue weighted by Crippen LogP contribution is -2.33. The molecular formula is C14H16F5N3O4S. The van der Waals surface area contributed by atoms with E-state index in [1.54, 1.807) is 5.10 Å². The van der Waals surface area contributed by atoms with E-state index in [2.05, 4.69) is 15.0 Å². The largest absolute Gasteiger partial charge is 0.433 e. The van der Waals surface area contributed by atoms with E-state index in [0.29, 0.717) is 12.8 Å². The monoisotopic (exact) mass is 417 g/mol. The fourth-order valence-electron chi connectivity index (χ4n) is 3.39. The van der Waals surface area contributed by atoms with Crippen LogP contribution in [0.2, 0.25) is 0 Å². The molecule has 0 amide bonds. The third-order valence-electron chi connectivity index (χ3n) is 4.71. The molecule has 1 fully saturated rings. The summed E-state index contributed by atoms with van der Waals surface area (Å²) in [4.78, 5) is 5.13. The van der Waals surface area contributed by atoms with Crippen molar-refractivity contribution in [2.75, 3.05) is 0 Å². The predicted molar refractivity (Wildman–Crippen MR) is 81.8 cm³/mol. The second-order valence-electron chi connectivity index (χ2n) is 6.35. The summed E-state index contributed by atoms with van der Waals surface area (Å²) >= 11 is 0. The lowest BCUT2D eigenvalue weighted by Gasteiger charge is -2.24. The summed E-state index contributed by atoms with van der Waals surface area (Å²) in [6.45, 7) is -2.52. The Morgan fingerprint density at radius 3 is 2.56 bits per heavy atom. The minimum Gasteiger partial charge on any atom is -0.415 e. The number of hydrogen-bond acceptors (Lipinski definition) is 6. The van der Waals surface area contributed by atoms with E-state index in [-0.39, 0.29) is 5.04 Å². The summed E-state index contributed by atoms with van der Waals surface area (Å²) in [5, 5.41) is 5.99. The van der Waals surface area contributed by atoms with Gasteiger partial charge < -0.3 is 9.57 Å². The molecule has 0 radical (unpaired) electrons. The van der Waals surface area contributed by atoms with Gasteiger partial charge in [-0.15, -0.1) is 5.10 Å². The Morgan fingerprint density at radius 1 is 1.26 bits per heavy atom. The molecule has 0 spiro atoms. The summed E-state index contributed by atoms with van der Waals surface area (Å²) in [5.41, 5.74) is -2.57. The number of rotatable bonds is 4. The zero-order valence-corrected chi connectivity index (χ0v) is 14.8. The number of alkyl halides is 5. The van der Waals surface area contributed by atoms with Crippen LogP contribution in [0.25, 0.3) is 0 Å². The van der Waals surface area contributed by atoms with Gasteiger partial charge in [-0.25, -0.2) is 8.42 Å². The first kappa shape index (κ1) is 19.8. The van der Waals surface area contributed by atoms with Gasteiger partial charge in [0.15, 0.2) is 5.04 Å². The lowest BCUT2D eigenvalue weighted by molar-refractivity contribution is -0.141. The summed E-state index contributed by atoms with van der Waals surface area (Å²) in [7, 11) is -4.43. The Bertz CT molecular complexity index is 836. The van der Waals surface area contributed by atoms with Gasteiger partial charge in [0.25, 0.3) is 0 Å². The van der Waals surface area contributed by atoms with Crippen LogP contribution in [-0.4, -0.2) is 36.4 Å². The van der Waals surface area contributed by atoms with Crippen molar-refractivity contribution in [3.05, 3.63) is 11.3 Å². The number of oxime groups is 1. The van der Waals surface area contributed by atoms with E-state index < -0.39 is 57.0 Å². The zero-order chi connectivity index (χ0) is 20.0. The smallest absolute Gasteiger partial charge is 0.415 e. The van der Waals surface area contributed by atoms with E-state index >= 15 is 0 Å². The van der Waals surface area contributed by atoms with Crippen molar-refractivity contribution in [3.63, 3.8) is 0 Å². The Hall–Kier alpha value is -1.92. The van der Waals surface area contributed by atoms with Gasteiger partial charge in [0, 0.05) is 0 Å². The second kappa shape index (κ2) is 6.91. The number of H-pyrrole nitrogens is 1. The molecule has 1 aromatic rings. The predicted octanol–water partition coefficient (Wildman–Crippen LogP) is 3.41. The van der Waals surface area contributed by atoms with E-state index in [0.717, 1.165) is 19.8 Å². The minimum absolute atomic E-state index is 0.364. The highest BCUT2D eigenvalue weighted by atomic mass is 32.2. The summed E-state index contributed by atoms with van der Waals surface area (Å²) in [5.74, 6) is -1.68. The maximum absolute atomic E-state index is 13.2. The molecule has 7 nitrogen and oxygen atoms in total. The van der Waals surface area contributed by atoms with Crippen molar-refractivity contribution < 1.29 is 39.9 Å². The molecule has 0 bridgehead atoms. The topological polar surface area (TPSA) is 93.6 Å². The first-order valence-electron chi connectivity index (χ1n) is 8.11. The van der Waals surface area contributed by atoms with Crippen molar-refractivity contribution in [3.8, 4) is 5.88 Å². The fourth-order valence-corrected chi connectivity index (χ4v) is 5.12. The highest BCUT2D eigenvalue weighted by Gasteiger charge is 2.48. The van der Waals surface area contributed by atoms with Gasteiger partial charge in [0.1, 0.15) is 11.8 Å². The average Bonchev–Trinajstić information content (AvgIpc) is 3.17. The molecule has 1 aliphatic carbocycles. The van der Waals surface area contributed by atoms with Crippen LogP contribution in [0, 0.1) is 5.92 Å². The standard InChI is InChI=1S/C14H16F5N3O4S/c1-6(9-10(14(17,18)19)20-21-11(9)25-13(15)16)27(23,24)12-7-4-2-3-5-8(7)26-22-12/h6-8,13H,2-5H2,1H3,(H,20,21). The van der Waals surface area contributed by atoms with Gasteiger partial charge >= 0.3 is 12.8 Å². The third kappa shape index (κ3) is 3.60. The summed E-state index contributed by atoms with van der Waals surface area (Å²) in [6.07, 6.45) is -2.89. The molecule has 2 aliphatic rings. The van der Waals surface area contributed by atoms with Crippen molar-refractivity contribution in [1.29, 1.82) is 0 Å². The van der Waals surface area contributed by atoms with Crippen LogP contribution in [-0.2, 0) is 20.9 Å². The molecule has 1 saturated carbocycles. The molecule has 13 heteroatoms. The van der Waals surface area contributed by atoms with Gasteiger partial charge in [-0.1, -0.05) is 11.6 Å². The SMILES string of the molecule is CC(c1c(OC(F)F)n[nH]c1C(F)(F)F)S(=O)(=O)C1=NOC2CCCCC12. The second-order valence-corrected chi connectivity index (χ2v) is 8.56. The van der Waals surface area contributed by atoms with Crippen molar-refractivity contribution in [1.82, 2.24) is 10.2 Å². The molecule has 3 atom stereocenters. The molecule has 0 saturated heterocycles. The van der Waals surface area contributed by atoms with Crippen molar-refractivity contribution >= 4 is 14.9 Å². The fraction of sp³-hybridized carbons (Fsp3) is 0.714. The number of fused-ring (bicyclic) bond motifs is 1. The highest BCUT2D eigenvalue weighted by molar-refractivity contribution is 8.06. The Kier molecular flexibility index (Phi) is 5.08. The van der Waals surface area contributed by atoms with Gasteiger partial charge in [-0.05, 0) is 26.2 Å². The highest BCUT2D eigenvalue weighted by Crippen LogP contribution is 2.43. The molecule has 1 aromatic heterocycles. The Morgan fingerprint density at radius 2 is 1.93 bits per heavy atom. The molecule has 1 aliphatic heterocycles. The molecule has 27 heavy (non-hydrogen) atoms. The normalized spacial score (nSPS) is 24.3. The van der Waals surface area contributed by atoms with E-state index in [1.807, 2.05) is 0 Å². The van der Waals surface area contributed by atoms with E-state index in [1.165, 1.54) is 0 Å². The number of hydrogen-bond donors (Lipinski definition) is 1. The van der Waals surface area contributed by atoms with Gasteiger partial charge in [0.05, 0.1) is 16.7 Å². The number of ether oxygens (including phenoxy) is 1. The van der Waals surface area contributed by atoms with Gasteiger partial charge in [0.2, 0.25) is 15.7 Å². The van der Waals surface area contributed by atoms with Crippen LogP contribution >= 0.6 is 0 Å². The number of aromatic nitrogens is 2. The third-order valence-corrected chi connectivity index (χ3v) is 6.84. The molecule has 1 N–H and O–H groups in total. The maximum atomic E-state index is 13.2. The molecule has 3 rings (SSSR count).